The van der Waals surface area contributed by atoms with Crippen molar-refractivity contribution in [2.45, 2.75) is 38.3 Å². The molecule has 0 bridgehead atoms. The Bertz CT molecular complexity index is 169. The Morgan fingerprint density at radius 3 is 2.14 bits per heavy atom. The molecule has 1 rings (SSSR count). The first-order chi connectivity index (χ1) is 6.43. The maximum absolute atomic E-state index is 10.1. The summed E-state index contributed by atoms with van der Waals surface area (Å²) in [5, 5.41) is 10.1. The number of ether oxygens (including phenoxy) is 1. The molecule has 1 N–H and O–H groups in total. The van der Waals surface area contributed by atoms with E-state index in [9.17, 15) is 5.11 Å². The zero-order chi connectivity index (χ0) is 10.8. The molecule has 1 unspecified atom stereocenters. The summed E-state index contributed by atoms with van der Waals surface area (Å²) in [6.07, 6.45) is 2.12. The summed E-state index contributed by atoms with van der Waals surface area (Å²) < 4.78 is 5.34. The molecule has 0 spiro atoms. The Morgan fingerprint density at radius 1 is 1.29 bits per heavy atom. The van der Waals surface area contributed by atoms with Crippen molar-refractivity contribution >= 4 is 0 Å². The summed E-state index contributed by atoms with van der Waals surface area (Å²) in [5.41, 5.74) is -0.633. The zero-order valence-corrected chi connectivity index (χ0v) is 9.79. The molecule has 1 atom stereocenters. The monoisotopic (exact) mass is 201 g/mol. The summed E-state index contributed by atoms with van der Waals surface area (Å²) in [7, 11) is 4.08. The van der Waals surface area contributed by atoms with Crippen molar-refractivity contribution < 1.29 is 9.84 Å². The number of nitrogens with zero attached hydrogens (tertiary/aromatic N) is 1. The van der Waals surface area contributed by atoms with Crippen LogP contribution in [0.4, 0.5) is 0 Å². The third kappa shape index (κ3) is 2.94. The lowest BCUT2D eigenvalue weighted by atomic mass is 9.81. The van der Waals surface area contributed by atoms with E-state index in [0.717, 1.165) is 26.1 Å². The lowest BCUT2D eigenvalue weighted by Gasteiger charge is -2.41. The standard InChI is InChI=1S/C11H23NO2/c1-11(2,13)10(12(3)4)9-5-7-14-8-6-9/h9-10,13H,5-8H2,1-4H3. The fraction of sp³-hybridized carbons (Fsp3) is 1.00. The minimum Gasteiger partial charge on any atom is -0.389 e. The maximum atomic E-state index is 10.1. The molecule has 0 aliphatic carbocycles. The minimum absolute atomic E-state index is 0.228. The van der Waals surface area contributed by atoms with Crippen LogP contribution in [0.15, 0.2) is 0 Å². The molecule has 0 aromatic heterocycles. The van der Waals surface area contributed by atoms with E-state index in [1.807, 2.05) is 27.9 Å². The van der Waals surface area contributed by atoms with E-state index < -0.39 is 5.60 Å². The highest BCUT2D eigenvalue weighted by molar-refractivity contribution is 4.90. The van der Waals surface area contributed by atoms with Crippen LogP contribution in [0.1, 0.15) is 26.7 Å². The van der Waals surface area contributed by atoms with Gasteiger partial charge in [-0.05, 0) is 46.7 Å². The fourth-order valence-corrected chi connectivity index (χ4v) is 2.66. The van der Waals surface area contributed by atoms with Gasteiger partial charge in [0.25, 0.3) is 0 Å². The van der Waals surface area contributed by atoms with E-state index in [4.69, 9.17) is 4.74 Å². The van der Waals surface area contributed by atoms with Crippen LogP contribution in [-0.2, 0) is 4.74 Å². The van der Waals surface area contributed by atoms with Crippen LogP contribution in [0, 0.1) is 5.92 Å². The van der Waals surface area contributed by atoms with Gasteiger partial charge >= 0.3 is 0 Å². The first kappa shape index (κ1) is 12.0. The molecule has 1 aliphatic heterocycles. The van der Waals surface area contributed by atoms with E-state index in [2.05, 4.69) is 4.90 Å². The van der Waals surface area contributed by atoms with Gasteiger partial charge in [0.1, 0.15) is 0 Å². The van der Waals surface area contributed by atoms with Gasteiger partial charge in [-0.3, -0.25) is 0 Å². The SMILES string of the molecule is CN(C)C(C1CCOCC1)C(C)(C)O. The number of likely N-dealkylation sites (N-methyl/N-ethyl adjacent to an activating group) is 1. The predicted octanol–water partition coefficient (Wildman–Crippen LogP) is 1.11. The van der Waals surface area contributed by atoms with Crippen molar-refractivity contribution in [3.8, 4) is 0 Å². The topological polar surface area (TPSA) is 32.7 Å². The summed E-state index contributed by atoms with van der Waals surface area (Å²) in [4.78, 5) is 2.13. The molecule has 0 aromatic carbocycles. The van der Waals surface area contributed by atoms with Crippen LogP contribution < -0.4 is 0 Å². The minimum atomic E-state index is -0.633. The Hall–Kier alpha value is -0.120. The van der Waals surface area contributed by atoms with Crippen molar-refractivity contribution in [3.05, 3.63) is 0 Å². The Kier molecular flexibility index (Phi) is 3.93. The van der Waals surface area contributed by atoms with Gasteiger partial charge in [-0.15, -0.1) is 0 Å². The molecular weight excluding hydrogens is 178 g/mol. The van der Waals surface area contributed by atoms with Gasteiger partial charge < -0.3 is 14.7 Å². The number of rotatable bonds is 3. The second-order valence-electron chi connectivity index (χ2n) is 5.01. The predicted molar refractivity (Wildman–Crippen MR) is 57.3 cm³/mol. The van der Waals surface area contributed by atoms with Gasteiger partial charge in [-0.25, -0.2) is 0 Å². The lowest BCUT2D eigenvalue weighted by molar-refractivity contribution is -0.0558. The largest absolute Gasteiger partial charge is 0.389 e. The van der Waals surface area contributed by atoms with Crippen LogP contribution in [0.5, 0.6) is 0 Å². The average molecular weight is 201 g/mol. The second-order valence-corrected chi connectivity index (χ2v) is 5.01. The van der Waals surface area contributed by atoms with E-state index in [1.165, 1.54) is 0 Å². The molecule has 3 heteroatoms. The van der Waals surface area contributed by atoms with Crippen LogP contribution in [-0.4, -0.2) is 49.0 Å². The lowest BCUT2D eigenvalue weighted by Crippen LogP contribution is -2.52. The van der Waals surface area contributed by atoms with Crippen molar-refractivity contribution in [3.63, 3.8) is 0 Å². The molecule has 14 heavy (non-hydrogen) atoms. The fourth-order valence-electron chi connectivity index (χ4n) is 2.66. The Labute approximate surface area is 87.1 Å². The first-order valence-electron chi connectivity index (χ1n) is 5.39. The molecule has 1 heterocycles. The van der Waals surface area contributed by atoms with Gasteiger partial charge in [0, 0.05) is 19.3 Å². The zero-order valence-electron chi connectivity index (χ0n) is 9.79. The highest BCUT2D eigenvalue weighted by Gasteiger charge is 2.36. The van der Waals surface area contributed by atoms with E-state index in [1.54, 1.807) is 0 Å². The smallest absolute Gasteiger partial charge is 0.0748 e. The second kappa shape index (κ2) is 4.60. The third-order valence-electron chi connectivity index (χ3n) is 2.99. The number of hydrogen-bond donors (Lipinski definition) is 1. The number of aliphatic hydroxyl groups is 1. The molecule has 3 nitrogen and oxygen atoms in total. The molecule has 0 radical (unpaired) electrons. The molecule has 1 fully saturated rings. The van der Waals surface area contributed by atoms with Crippen molar-refractivity contribution in [1.29, 1.82) is 0 Å². The van der Waals surface area contributed by atoms with E-state index >= 15 is 0 Å². The van der Waals surface area contributed by atoms with E-state index in [0.29, 0.717) is 5.92 Å². The Morgan fingerprint density at radius 2 is 1.79 bits per heavy atom. The van der Waals surface area contributed by atoms with Crippen molar-refractivity contribution in [1.82, 2.24) is 4.90 Å². The van der Waals surface area contributed by atoms with Crippen LogP contribution in [0.25, 0.3) is 0 Å². The average Bonchev–Trinajstić information content (AvgIpc) is 2.02. The molecule has 84 valence electrons. The van der Waals surface area contributed by atoms with Crippen LogP contribution in [0.2, 0.25) is 0 Å². The van der Waals surface area contributed by atoms with Gasteiger partial charge in [0.05, 0.1) is 5.60 Å². The molecule has 1 aliphatic rings. The molecule has 0 saturated carbocycles. The molecular formula is C11H23NO2. The Balaban J connectivity index is 2.66. The van der Waals surface area contributed by atoms with Crippen LogP contribution in [0.3, 0.4) is 0 Å². The highest BCUT2D eigenvalue weighted by Crippen LogP contribution is 2.28. The van der Waals surface area contributed by atoms with E-state index in [-0.39, 0.29) is 6.04 Å². The summed E-state index contributed by atoms with van der Waals surface area (Å²) in [6.45, 7) is 5.47. The summed E-state index contributed by atoms with van der Waals surface area (Å²) in [5.74, 6) is 0.554. The first-order valence-corrected chi connectivity index (χ1v) is 5.39. The molecule has 1 saturated heterocycles. The summed E-state index contributed by atoms with van der Waals surface area (Å²) in [6, 6.07) is 0.228. The maximum Gasteiger partial charge on any atom is 0.0748 e. The van der Waals surface area contributed by atoms with Gasteiger partial charge in [-0.1, -0.05) is 0 Å². The van der Waals surface area contributed by atoms with Crippen LogP contribution >= 0.6 is 0 Å². The van der Waals surface area contributed by atoms with Crippen molar-refractivity contribution in [2.75, 3.05) is 27.3 Å². The highest BCUT2D eigenvalue weighted by atomic mass is 16.5. The van der Waals surface area contributed by atoms with Crippen molar-refractivity contribution in [2.24, 2.45) is 5.92 Å². The number of hydrogen-bond acceptors (Lipinski definition) is 3. The normalized spacial score (nSPS) is 22.7. The third-order valence-corrected chi connectivity index (χ3v) is 2.99. The summed E-state index contributed by atoms with van der Waals surface area (Å²) >= 11 is 0. The van der Waals surface area contributed by atoms with Gasteiger partial charge in [0.15, 0.2) is 0 Å². The molecule has 0 amide bonds. The quantitative estimate of drug-likeness (QED) is 0.742. The van der Waals surface area contributed by atoms with Gasteiger partial charge in [-0.2, -0.15) is 0 Å². The molecule has 0 aromatic rings. The van der Waals surface area contributed by atoms with Gasteiger partial charge in [0.2, 0.25) is 0 Å².